The molecular weight excluding hydrogens is 418 g/mol. The zero-order valence-electron chi connectivity index (χ0n) is 16.7. The number of nitrogens with zero attached hydrogens (tertiary/aromatic N) is 2. The van der Waals surface area contributed by atoms with E-state index in [1.54, 1.807) is 42.4 Å². The number of furan rings is 1. The fraction of sp³-hybridized carbons (Fsp3) is 0.130. The average Bonchev–Trinajstić information content (AvgIpc) is 3.44. The van der Waals surface area contributed by atoms with Gasteiger partial charge in [-0.05, 0) is 35.9 Å². The molecule has 4 rings (SSSR count). The van der Waals surface area contributed by atoms with Crippen molar-refractivity contribution in [1.29, 1.82) is 0 Å². The van der Waals surface area contributed by atoms with E-state index in [0.29, 0.717) is 34.5 Å². The summed E-state index contributed by atoms with van der Waals surface area (Å²) in [5.74, 6) is 1.69. The van der Waals surface area contributed by atoms with Crippen LogP contribution in [0.3, 0.4) is 0 Å². The molecule has 0 aliphatic heterocycles. The molecule has 0 saturated heterocycles. The average molecular weight is 438 g/mol. The maximum absolute atomic E-state index is 12.5. The normalized spacial score (nSPS) is 10.6. The number of hydrogen-bond donors (Lipinski definition) is 1. The van der Waals surface area contributed by atoms with E-state index in [0.717, 1.165) is 5.56 Å². The predicted octanol–water partition coefficient (Wildman–Crippen LogP) is 5.02. The molecule has 0 atom stereocenters. The van der Waals surface area contributed by atoms with Gasteiger partial charge in [0.15, 0.2) is 5.76 Å². The Balaban J connectivity index is 1.34. The molecule has 2 aromatic heterocycles. The lowest BCUT2D eigenvalue weighted by Gasteiger charge is -2.06. The predicted molar refractivity (Wildman–Crippen MR) is 117 cm³/mol. The number of carbonyl (C=O) groups excluding carboxylic acids is 1. The second-order valence-electron chi connectivity index (χ2n) is 6.71. The second kappa shape index (κ2) is 9.40. The number of amides is 1. The van der Waals surface area contributed by atoms with Gasteiger partial charge in [-0.15, -0.1) is 0 Å². The topological polar surface area (TPSA) is 78.5 Å². The van der Waals surface area contributed by atoms with Gasteiger partial charge >= 0.3 is 0 Å². The Morgan fingerprint density at radius 3 is 2.81 bits per heavy atom. The van der Waals surface area contributed by atoms with E-state index < -0.39 is 0 Å². The van der Waals surface area contributed by atoms with Gasteiger partial charge in [-0.2, -0.15) is 5.10 Å². The third kappa shape index (κ3) is 5.26. The van der Waals surface area contributed by atoms with Gasteiger partial charge in [0, 0.05) is 17.3 Å². The first-order chi connectivity index (χ1) is 15.1. The lowest BCUT2D eigenvalue weighted by Crippen LogP contribution is -2.10. The first-order valence-corrected chi connectivity index (χ1v) is 9.91. The van der Waals surface area contributed by atoms with Gasteiger partial charge in [-0.1, -0.05) is 35.9 Å². The zero-order valence-corrected chi connectivity index (χ0v) is 17.5. The first kappa shape index (κ1) is 20.6. The molecule has 1 amide bonds. The molecule has 0 radical (unpaired) electrons. The van der Waals surface area contributed by atoms with Crippen molar-refractivity contribution in [3.63, 3.8) is 0 Å². The van der Waals surface area contributed by atoms with Crippen LogP contribution >= 0.6 is 11.6 Å². The maximum atomic E-state index is 12.5. The van der Waals surface area contributed by atoms with Crippen molar-refractivity contribution >= 4 is 23.2 Å². The molecule has 2 aromatic carbocycles. The van der Waals surface area contributed by atoms with E-state index in [9.17, 15) is 4.79 Å². The first-order valence-electron chi connectivity index (χ1n) is 9.53. The summed E-state index contributed by atoms with van der Waals surface area (Å²) in [7, 11) is 1.59. The van der Waals surface area contributed by atoms with Crippen LogP contribution in [0.1, 0.15) is 21.9 Å². The highest BCUT2D eigenvalue weighted by Gasteiger charge is 2.13. The standard InChI is InChI=1S/C23H20ClN3O4/c1-29-18-6-4-7-19(11-18)30-15-20-9-10-22(31-20)23(28)26-17-12-25-27(14-17)13-16-5-2-3-8-21(16)24/h2-12,14H,13,15H2,1H3,(H,26,28). The molecule has 4 aromatic rings. The molecule has 7 nitrogen and oxygen atoms in total. The fourth-order valence-corrected chi connectivity index (χ4v) is 3.13. The lowest BCUT2D eigenvalue weighted by atomic mass is 10.2. The Morgan fingerprint density at radius 2 is 1.97 bits per heavy atom. The number of anilines is 1. The van der Waals surface area contributed by atoms with Crippen molar-refractivity contribution in [2.24, 2.45) is 0 Å². The Labute approximate surface area is 184 Å². The minimum absolute atomic E-state index is 0.183. The quantitative estimate of drug-likeness (QED) is 0.419. The summed E-state index contributed by atoms with van der Waals surface area (Å²) in [6, 6.07) is 18.1. The number of benzene rings is 2. The Hall–Kier alpha value is -3.71. The second-order valence-corrected chi connectivity index (χ2v) is 7.11. The van der Waals surface area contributed by atoms with Crippen LogP contribution < -0.4 is 14.8 Å². The molecular formula is C23H20ClN3O4. The van der Waals surface area contributed by atoms with Gasteiger partial charge < -0.3 is 19.2 Å². The van der Waals surface area contributed by atoms with E-state index >= 15 is 0 Å². The largest absolute Gasteiger partial charge is 0.497 e. The van der Waals surface area contributed by atoms with Gasteiger partial charge in [-0.3, -0.25) is 9.48 Å². The molecule has 0 spiro atoms. The van der Waals surface area contributed by atoms with Crippen molar-refractivity contribution in [2.75, 3.05) is 12.4 Å². The van der Waals surface area contributed by atoms with Crippen molar-refractivity contribution in [3.8, 4) is 11.5 Å². The van der Waals surface area contributed by atoms with Crippen LogP contribution in [-0.2, 0) is 13.2 Å². The summed E-state index contributed by atoms with van der Waals surface area (Å²) >= 11 is 6.19. The fourth-order valence-electron chi connectivity index (χ4n) is 2.93. The molecule has 0 fully saturated rings. The summed E-state index contributed by atoms with van der Waals surface area (Å²) in [6.45, 7) is 0.693. The highest BCUT2D eigenvalue weighted by atomic mass is 35.5. The molecule has 0 aliphatic carbocycles. The summed E-state index contributed by atoms with van der Waals surface area (Å²) in [5.41, 5.74) is 1.50. The van der Waals surface area contributed by atoms with Crippen molar-refractivity contribution in [2.45, 2.75) is 13.2 Å². The minimum Gasteiger partial charge on any atom is -0.497 e. The van der Waals surface area contributed by atoms with E-state index in [4.69, 9.17) is 25.5 Å². The SMILES string of the molecule is COc1cccc(OCc2ccc(C(=O)Nc3cnn(Cc4ccccc4Cl)c3)o2)c1. The zero-order chi connectivity index (χ0) is 21.6. The molecule has 31 heavy (non-hydrogen) atoms. The third-order valence-corrected chi connectivity index (χ3v) is 4.86. The van der Waals surface area contributed by atoms with Crippen LogP contribution in [0.15, 0.2) is 77.5 Å². The lowest BCUT2D eigenvalue weighted by molar-refractivity contribution is 0.0992. The molecule has 0 saturated carbocycles. The number of ether oxygens (including phenoxy) is 2. The van der Waals surface area contributed by atoms with Crippen LogP contribution in [0.25, 0.3) is 0 Å². The van der Waals surface area contributed by atoms with Gasteiger partial charge in [-0.25, -0.2) is 0 Å². The maximum Gasteiger partial charge on any atom is 0.291 e. The number of methoxy groups -OCH3 is 1. The van der Waals surface area contributed by atoms with E-state index in [-0.39, 0.29) is 18.3 Å². The van der Waals surface area contributed by atoms with Crippen LogP contribution in [0.4, 0.5) is 5.69 Å². The van der Waals surface area contributed by atoms with Crippen molar-refractivity contribution in [3.05, 3.63) is 95.2 Å². The van der Waals surface area contributed by atoms with Gasteiger partial charge in [0.2, 0.25) is 0 Å². The van der Waals surface area contributed by atoms with Crippen LogP contribution in [0.2, 0.25) is 5.02 Å². The molecule has 158 valence electrons. The number of carbonyl (C=O) groups is 1. The summed E-state index contributed by atoms with van der Waals surface area (Å²) in [6.07, 6.45) is 3.31. The number of aromatic nitrogens is 2. The number of nitrogens with one attached hydrogen (secondary N) is 1. The molecule has 2 heterocycles. The summed E-state index contributed by atoms with van der Waals surface area (Å²) in [4.78, 5) is 12.5. The summed E-state index contributed by atoms with van der Waals surface area (Å²) < 4.78 is 18.2. The number of halogens is 1. The monoisotopic (exact) mass is 437 g/mol. The highest BCUT2D eigenvalue weighted by Crippen LogP contribution is 2.21. The minimum atomic E-state index is -0.370. The molecule has 0 bridgehead atoms. The molecule has 0 unspecified atom stereocenters. The summed E-state index contributed by atoms with van der Waals surface area (Å²) in [5, 5.41) is 7.71. The van der Waals surface area contributed by atoms with E-state index in [1.807, 2.05) is 42.5 Å². The smallest absolute Gasteiger partial charge is 0.291 e. The molecule has 0 aliphatic rings. The Bertz CT molecular complexity index is 1180. The number of hydrogen-bond acceptors (Lipinski definition) is 5. The van der Waals surface area contributed by atoms with Crippen LogP contribution in [0.5, 0.6) is 11.5 Å². The van der Waals surface area contributed by atoms with Crippen LogP contribution in [0, 0.1) is 0 Å². The van der Waals surface area contributed by atoms with Gasteiger partial charge in [0.05, 0.1) is 25.5 Å². The molecule has 8 heteroatoms. The van der Waals surface area contributed by atoms with Gasteiger partial charge in [0.1, 0.15) is 23.9 Å². The van der Waals surface area contributed by atoms with Gasteiger partial charge in [0.25, 0.3) is 5.91 Å². The van der Waals surface area contributed by atoms with Crippen molar-refractivity contribution < 1.29 is 18.7 Å². The van der Waals surface area contributed by atoms with Crippen molar-refractivity contribution in [1.82, 2.24) is 9.78 Å². The Kier molecular flexibility index (Phi) is 6.24. The molecule has 1 N–H and O–H groups in total. The third-order valence-electron chi connectivity index (χ3n) is 4.49. The van der Waals surface area contributed by atoms with E-state index in [1.165, 1.54) is 0 Å². The van der Waals surface area contributed by atoms with Crippen LogP contribution in [-0.4, -0.2) is 22.8 Å². The highest BCUT2D eigenvalue weighted by molar-refractivity contribution is 6.31. The van der Waals surface area contributed by atoms with E-state index in [2.05, 4.69) is 10.4 Å². The number of rotatable bonds is 8. The Morgan fingerprint density at radius 1 is 1.13 bits per heavy atom.